The van der Waals surface area contributed by atoms with Crippen molar-refractivity contribution in [3.63, 3.8) is 0 Å². The Kier molecular flexibility index (Phi) is 4.08. The topological polar surface area (TPSA) is 61.4 Å². The van der Waals surface area contributed by atoms with E-state index >= 15 is 0 Å². The van der Waals surface area contributed by atoms with Crippen LogP contribution in [-0.4, -0.2) is 35.7 Å². The number of aliphatic hydroxyl groups is 1. The summed E-state index contributed by atoms with van der Waals surface area (Å²) in [5.41, 5.74) is 0. The highest BCUT2D eigenvalue weighted by atomic mass is 16.3. The highest BCUT2D eigenvalue weighted by Crippen LogP contribution is 2.33. The average molecular weight is 266 g/mol. The number of carbonyl (C=O) groups is 1. The zero-order chi connectivity index (χ0) is 13.2. The first-order valence-corrected chi connectivity index (χ1v) is 7.96. The number of amides is 1. The van der Waals surface area contributed by atoms with E-state index in [0.717, 1.165) is 25.2 Å². The predicted octanol–water partition coefficient (Wildman–Crippen LogP) is 1.18. The van der Waals surface area contributed by atoms with Crippen LogP contribution in [0.1, 0.15) is 51.4 Å². The highest BCUT2D eigenvalue weighted by molar-refractivity contribution is 5.81. The normalized spacial score (nSPS) is 36.4. The van der Waals surface area contributed by atoms with Gasteiger partial charge in [-0.3, -0.25) is 4.79 Å². The van der Waals surface area contributed by atoms with Crippen LogP contribution in [0.3, 0.4) is 0 Å². The maximum absolute atomic E-state index is 12.1. The lowest BCUT2D eigenvalue weighted by Gasteiger charge is -2.40. The number of fused-ring (bicyclic) bond motifs is 1. The van der Waals surface area contributed by atoms with E-state index in [-0.39, 0.29) is 18.1 Å². The van der Waals surface area contributed by atoms with Gasteiger partial charge in [-0.15, -0.1) is 0 Å². The quantitative estimate of drug-likeness (QED) is 0.716. The number of hydrogen-bond acceptors (Lipinski definition) is 3. The molecule has 0 radical (unpaired) electrons. The van der Waals surface area contributed by atoms with Gasteiger partial charge < -0.3 is 15.7 Å². The molecule has 0 bridgehead atoms. The molecule has 0 aromatic rings. The third kappa shape index (κ3) is 3.29. The third-order valence-electron chi connectivity index (χ3n) is 5.12. The van der Waals surface area contributed by atoms with Gasteiger partial charge in [0, 0.05) is 12.6 Å². The van der Waals surface area contributed by atoms with Gasteiger partial charge >= 0.3 is 0 Å². The van der Waals surface area contributed by atoms with Gasteiger partial charge in [0.15, 0.2) is 0 Å². The first kappa shape index (κ1) is 13.4. The molecular weight excluding hydrogens is 240 g/mol. The van der Waals surface area contributed by atoms with Crippen LogP contribution in [0.4, 0.5) is 0 Å². The first-order chi connectivity index (χ1) is 9.24. The molecule has 1 heterocycles. The second-order valence-corrected chi connectivity index (χ2v) is 6.60. The molecular formula is C15H26N2O2. The fraction of sp³-hybridized carbons (Fsp3) is 0.933. The van der Waals surface area contributed by atoms with E-state index in [1.165, 1.54) is 32.1 Å². The molecule has 2 saturated carbocycles. The van der Waals surface area contributed by atoms with E-state index in [1.807, 2.05) is 0 Å². The maximum atomic E-state index is 12.1. The predicted molar refractivity (Wildman–Crippen MR) is 73.6 cm³/mol. The minimum Gasteiger partial charge on any atom is -0.391 e. The molecule has 4 nitrogen and oxygen atoms in total. The van der Waals surface area contributed by atoms with E-state index in [9.17, 15) is 9.90 Å². The monoisotopic (exact) mass is 266 g/mol. The van der Waals surface area contributed by atoms with E-state index < -0.39 is 0 Å². The molecule has 3 aliphatic rings. The molecule has 4 atom stereocenters. The molecule has 0 aromatic heterocycles. The molecule has 3 rings (SSSR count). The number of hydrogen-bond donors (Lipinski definition) is 3. The summed E-state index contributed by atoms with van der Waals surface area (Å²) < 4.78 is 0. The van der Waals surface area contributed by atoms with Crippen LogP contribution in [0.5, 0.6) is 0 Å². The van der Waals surface area contributed by atoms with Crippen molar-refractivity contribution in [3.05, 3.63) is 0 Å². The van der Waals surface area contributed by atoms with E-state index in [1.54, 1.807) is 0 Å². The van der Waals surface area contributed by atoms with Gasteiger partial charge in [0.05, 0.1) is 12.1 Å². The van der Waals surface area contributed by atoms with Crippen molar-refractivity contribution in [2.75, 3.05) is 6.54 Å². The molecule has 2 aliphatic carbocycles. The summed E-state index contributed by atoms with van der Waals surface area (Å²) in [5.74, 6) is 1.31. The van der Waals surface area contributed by atoms with Crippen molar-refractivity contribution in [2.45, 2.75) is 69.6 Å². The molecule has 3 N–H and O–H groups in total. The van der Waals surface area contributed by atoms with Crippen LogP contribution in [0.25, 0.3) is 0 Å². The van der Waals surface area contributed by atoms with Crippen molar-refractivity contribution in [1.82, 2.24) is 10.6 Å². The lowest BCUT2D eigenvalue weighted by atomic mass is 9.77. The molecule has 1 saturated heterocycles. The van der Waals surface area contributed by atoms with Gasteiger partial charge in [-0.25, -0.2) is 0 Å². The number of rotatable bonds is 4. The van der Waals surface area contributed by atoms with Crippen LogP contribution >= 0.6 is 0 Å². The Hall–Kier alpha value is -0.610. The van der Waals surface area contributed by atoms with Gasteiger partial charge in [-0.05, 0) is 50.4 Å². The number of piperidine rings is 1. The van der Waals surface area contributed by atoms with Crippen molar-refractivity contribution >= 4 is 5.91 Å². The van der Waals surface area contributed by atoms with Gasteiger partial charge in [0.2, 0.25) is 5.91 Å². The van der Waals surface area contributed by atoms with Crippen LogP contribution in [0.15, 0.2) is 0 Å². The van der Waals surface area contributed by atoms with Crippen LogP contribution in [0, 0.1) is 11.8 Å². The van der Waals surface area contributed by atoms with E-state index in [0.29, 0.717) is 18.5 Å². The van der Waals surface area contributed by atoms with Gasteiger partial charge in [-0.2, -0.15) is 0 Å². The lowest BCUT2D eigenvalue weighted by Crippen LogP contribution is -2.55. The Bertz CT molecular complexity index is 330. The molecule has 0 spiro atoms. The van der Waals surface area contributed by atoms with Gasteiger partial charge in [0.25, 0.3) is 0 Å². The lowest BCUT2D eigenvalue weighted by molar-refractivity contribution is -0.125. The van der Waals surface area contributed by atoms with Gasteiger partial charge in [-0.1, -0.05) is 12.8 Å². The fourth-order valence-corrected chi connectivity index (χ4v) is 3.68. The SMILES string of the molecule is O=C(NCC(O)C1CC1)C1CCC2CCCCC2N1. The summed E-state index contributed by atoms with van der Waals surface area (Å²) in [6, 6.07) is 0.511. The minimum absolute atomic E-state index is 0.0363. The standard InChI is InChI=1S/C15H26N2O2/c18-14(11-5-6-11)9-16-15(19)13-8-7-10-3-1-2-4-12(10)17-13/h10-14,17-18H,1-9H2,(H,16,19). The van der Waals surface area contributed by atoms with Crippen LogP contribution in [-0.2, 0) is 4.79 Å². The molecule has 4 unspecified atom stereocenters. The zero-order valence-electron chi connectivity index (χ0n) is 11.6. The van der Waals surface area contributed by atoms with Crippen molar-refractivity contribution < 1.29 is 9.90 Å². The summed E-state index contributed by atoms with van der Waals surface area (Å²) in [5, 5.41) is 16.2. The Morgan fingerprint density at radius 1 is 1.16 bits per heavy atom. The average Bonchev–Trinajstić information content (AvgIpc) is 3.28. The molecule has 108 valence electrons. The van der Waals surface area contributed by atoms with Gasteiger partial charge in [0.1, 0.15) is 0 Å². The number of carbonyl (C=O) groups excluding carboxylic acids is 1. The maximum Gasteiger partial charge on any atom is 0.237 e. The number of nitrogens with one attached hydrogen (secondary N) is 2. The molecule has 1 amide bonds. The summed E-state index contributed by atoms with van der Waals surface area (Å²) in [6.07, 6.45) is 9.22. The summed E-state index contributed by atoms with van der Waals surface area (Å²) >= 11 is 0. The largest absolute Gasteiger partial charge is 0.391 e. The summed E-state index contributed by atoms with van der Waals surface area (Å²) in [7, 11) is 0. The second kappa shape index (κ2) is 5.80. The Morgan fingerprint density at radius 3 is 2.74 bits per heavy atom. The number of aliphatic hydroxyl groups excluding tert-OH is 1. The molecule has 4 heteroatoms. The third-order valence-corrected chi connectivity index (χ3v) is 5.12. The molecule has 1 aliphatic heterocycles. The Balaban J connectivity index is 1.44. The molecule has 0 aromatic carbocycles. The highest BCUT2D eigenvalue weighted by Gasteiger charge is 2.35. The Labute approximate surface area is 115 Å². The van der Waals surface area contributed by atoms with Crippen LogP contribution < -0.4 is 10.6 Å². The van der Waals surface area contributed by atoms with Crippen molar-refractivity contribution in [1.29, 1.82) is 0 Å². The minimum atomic E-state index is -0.338. The van der Waals surface area contributed by atoms with E-state index in [2.05, 4.69) is 10.6 Å². The van der Waals surface area contributed by atoms with Crippen molar-refractivity contribution in [2.24, 2.45) is 11.8 Å². The fourth-order valence-electron chi connectivity index (χ4n) is 3.68. The summed E-state index contributed by atoms with van der Waals surface area (Å²) in [6.45, 7) is 0.426. The summed E-state index contributed by atoms with van der Waals surface area (Å²) in [4.78, 5) is 12.1. The van der Waals surface area contributed by atoms with Crippen molar-refractivity contribution in [3.8, 4) is 0 Å². The van der Waals surface area contributed by atoms with E-state index in [4.69, 9.17) is 0 Å². The smallest absolute Gasteiger partial charge is 0.237 e. The molecule has 3 fully saturated rings. The first-order valence-electron chi connectivity index (χ1n) is 7.96. The van der Waals surface area contributed by atoms with Crippen LogP contribution in [0.2, 0.25) is 0 Å². The Morgan fingerprint density at radius 2 is 1.95 bits per heavy atom. The zero-order valence-corrected chi connectivity index (χ0v) is 11.6. The molecule has 19 heavy (non-hydrogen) atoms. The second-order valence-electron chi connectivity index (χ2n) is 6.60.